The highest BCUT2D eigenvalue weighted by molar-refractivity contribution is 5.76. The first kappa shape index (κ1) is 17.8. The molecule has 1 amide bonds. The van der Waals surface area contributed by atoms with E-state index in [1.807, 2.05) is 19.0 Å². The summed E-state index contributed by atoms with van der Waals surface area (Å²) in [6.07, 6.45) is 0.460. The molecule has 0 aromatic heterocycles. The van der Waals surface area contributed by atoms with E-state index >= 15 is 0 Å². The molecule has 128 valence electrons. The molecule has 0 radical (unpaired) electrons. The van der Waals surface area contributed by atoms with Crippen LogP contribution in [-0.2, 0) is 11.2 Å². The smallest absolute Gasteiger partial charge is 0.222 e. The molecule has 6 heteroatoms. The van der Waals surface area contributed by atoms with Crippen molar-refractivity contribution in [2.24, 2.45) is 0 Å². The normalized spacial score (nSPS) is 16.1. The van der Waals surface area contributed by atoms with Crippen molar-refractivity contribution < 1.29 is 13.6 Å². The Morgan fingerprint density at radius 3 is 2.52 bits per heavy atom. The van der Waals surface area contributed by atoms with Crippen LogP contribution in [0.4, 0.5) is 8.78 Å². The zero-order valence-electron chi connectivity index (χ0n) is 13.9. The Bertz CT molecular complexity index is 529. The lowest BCUT2D eigenvalue weighted by molar-refractivity contribution is -0.132. The Hall–Kier alpha value is -1.53. The van der Waals surface area contributed by atoms with Crippen molar-refractivity contribution in [3.05, 3.63) is 35.4 Å². The highest BCUT2D eigenvalue weighted by Crippen LogP contribution is 2.13. The molecule has 2 rings (SSSR count). The first-order valence-electron chi connectivity index (χ1n) is 8.04. The van der Waals surface area contributed by atoms with Gasteiger partial charge in [-0.2, -0.15) is 0 Å². The predicted octanol–water partition coefficient (Wildman–Crippen LogP) is 1.60. The van der Waals surface area contributed by atoms with Gasteiger partial charge in [0.15, 0.2) is 0 Å². The third kappa shape index (κ3) is 5.55. The molecule has 0 saturated carbocycles. The number of amides is 1. The van der Waals surface area contributed by atoms with E-state index in [0.29, 0.717) is 13.1 Å². The number of benzene rings is 1. The van der Waals surface area contributed by atoms with E-state index in [4.69, 9.17) is 0 Å². The fraction of sp³-hybridized carbons (Fsp3) is 0.588. The number of carbonyl (C=O) groups is 1. The Kier molecular flexibility index (Phi) is 6.47. The molecule has 1 aliphatic heterocycles. The second-order valence-electron chi connectivity index (χ2n) is 6.26. The van der Waals surface area contributed by atoms with Crippen molar-refractivity contribution >= 4 is 5.91 Å². The van der Waals surface area contributed by atoms with Gasteiger partial charge in [0.1, 0.15) is 11.6 Å². The summed E-state index contributed by atoms with van der Waals surface area (Å²) >= 11 is 0. The average Bonchev–Trinajstić information content (AvgIpc) is 2.54. The van der Waals surface area contributed by atoms with Gasteiger partial charge in [-0.25, -0.2) is 8.78 Å². The van der Waals surface area contributed by atoms with E-state index in [-0.39, 0.29) is 24.3 Å². The van der Waals surface area contributed by atoms with E-state index < -0.39 is 11.6 Å². The third-order valence-corrected chi connectivity index (χ3v) is 4.20. The molecule has 0 aliphatic carbocycles. The number of piperazine rings is 1. The molecule has 1 aromatic rings. The number of rotatable bonds is 6. The maximum Gasteiger partial charge on any atom is 0.222 e. The Balaban J connectivity index is 1.76. The summed E-state index contributed by atoms with van der Waals surface area (Å²) in [6.45, 7) is 5.16. The molecule has 1 heterocycles. The number of aryl methyl sites for hydroxylation is 1. The summed E-state index contributed by atoms with van der Waals surface area (Å²) in [6, 6.07) is 3.37. The average molecular weight is 325 g/mol. The van der Waals surface area contributed by atoms with Crippen LogP contribution in [0.1, 0.15) is 12.0 Å². The highest BCUT2D eigenvalue weighted by Gasteiger charge is 2.21. The van der Waals surface area contributed by atoms with Gasteiger partial charge in [-0.05, 0) is 44.3 Å². The molecule has 4 nitrogen and oxygen atoms in total. The minimum atomic E-state index is -0.469. The monoisotopic (exact) mass is 325 g/mol. The standard InChI is InChI=1S/C17H25F2N3O/c1-20(2)7-8-21-9-11-22(12-10-21)17(23)6-3-14-13-15(18)4-5-16(14)19/h4-5,13H,3,6-12H2,1-2H3. The molecule has 0 unspecified atom stereocenters. The van der Waals surface area contributed by atoms with Gasteiger partial charge in [0.2, 0.25) is 5.91 Å². The van der Waals surface area contributed by atoms with Crippen LogP contribution in [0.25, 0.3) is 0 Å². The minimum absolute atomic E-state index is 0.0147. The fourth-order valence-electron chi connectivity index (χ4n) is 2.70. The van der Waals surface area contributed by atoms with Crippen LogP contribution in [0.3, 0.4) is 0 Å². The number of carbonyl (C=O) groups excluding carboxylic acids is 1. The Morgan fingerprint density at radius 1 is 1.17 bits per heavy atom. The largest absolute Gasteiger partial charge is 0.340 e. The summed E-state index contributed by atoms with van der Waals surface area (Å²) in [7, 11) is 4.09. The van der Waals surface area contributed by atoms with Crippen molar-refractivity contribution in [3.63, 3.8) is 0 Å². The van der Waals surface area contributed by atoms with Crippen LogP contribution < -0.4 is 0 Å². The van der Waals surface area contributed by atoms with Crippen molar-refractivity contribution in [1.82, 2.24) is 14.7 Å². The van der Waals surface area contributed by atoms with Crippen molar-refractivity contribution in [2.75, 3.05) is 53.4 Å². The summed E-state index contributed by atoms with van der Waals surface area (Å²) < 4.78 is 26.7. The maximum atomic E-state index is 13.6. The molecule has 1 aromatic carbocycles. The van der Waals surface area contributed by atoms with Gasteiger partial charge in [0.25, 0.3) is 0 Å². The zero-order valence-corrected chi connectivity index (χ0v) is 13.9. The predicted molar refractivity (Wildman–Crippen MR) is 86.3 cm³/mol. The molecule has 1 aliphatic rings. The van der Waals surface area contributed by atoms with Gasteiger partial charge >= 0.3 is 0 Å². The number of hydrogen-bond donors (Lipinski definition) is 0. The van der Waals surface area contributed by atoms with Crippen molar-refractivity contribution in [1.29, 1.82) is 0 Å². The van der Waals surface area contributed by atoms with E-state index in [0.717, 1.165) is 38.3 Å². The number of halogens is 2. The first-order chi connectivity index (χ1) is 11.0. The van der Waals surface area contributed by atoms with Crippen LogP contribution in [0, 0.1) is 11.6 Å². The summed E-state index contributed by atoms with van der Waals surface area (Å²) in [5, 5.41) is 0. The van der Waals surface area contributed by atoms with Gasteiger partial charge in [0, 0.05) is 45.7 Å². The Morgan fingerprint density at radius 2 is 1.87 bits per heavy atom. The van der Waals surface area contributed by atoms with Crippen molar-refractivity contribution in [2.45, 2.75) is 12.8 Å². The summed E-state index contributed by atoms with van der Waals surface area (Å²) in [4.78, 5) is 18.5. The lowest BCUT2D eigenvalue weighted by atomic mass is 10.1. The summed E-state index contributed by atoms with van der Waals surface area (Å²) in [5.74, 6) is -0.906. The second-order valence-corrected chi connectivity index (χ2v) is 6.26. The SMILES string of the molecule is CN(C)CCN1CCN(C(=O)CCc2cc(F)ccc2F)CC1. The molecule has 0 spiro atoms. The molecular formula is C17H25F2N3O. The number of hydrogen-bond acceptors (Lipinski definition) is 3. The highest BCUT2D eigenvalue weighted by atomic mass is 19.1. The fourth-order valence-corrected chi connectivity index (χ4v) is 2.70. The van der Waals surface area contributed by atoms with Crippen LogP contribution in [-0.4, -0.2) is 74.0 Å². The van der Waals surface area contributed by atoms with E-state index in [1.54, 1.807) is 0 Å². The molecule has 0 bridgehead atoms. The van der Waals surface area contributed by atoms with Gasteiger partial charge in [-0.3, -0.25) is 9.69 Å². The van der Waals surface area contributed by atoms with E-state index in [2.05, 4.69) is 9.80 Å². The number of nitrogens with zero attached hydrogens (tertiary/aromatic N) is 3. The molecule has 0 atom stereocenters. The molecule has 1 saturated heterocycles. The van der Waals surface area contributed by atoms with Gasteiger partial charge in [0.05, 0.1) is 0 Å². The molecule has 0 N–H and O–H groups in total. The first-order valence-corrected chi connectivity index (χ1v) is 8.04. The molecular weight excluding hydrogens is 300 g/mol. The van der Waals surface area contributed by atoms with Crippen LogP contribution >= 0.6 is 0 Å². The lowest BCUT2D eigenvalue weighted by Gasteiger charge is -2.35. The second kappa shape index (κ2) is 8.36. The van der Waals surface area contributed by atoms with E-state index in [9.17, 15) is 13.6 Å². The third-order valence-electron chi connectivity index (χ3n) is 4.20. The van der Waals surface area contributed by atoms with Crippen LogP contribution in [0.5, 0.6) is 0 Å². The van der Waals surface area contributed by atoms with Crippen LogP contribution in [0.15, 0.2) is 18.2 Å². The molecule has 1 fully saturated rings. The van der Waals surface area contributed by atoms with Crippen LogP contribution in [0.2, 0.25) is 0 Å². The lowest BCUT2D eigenvalue weighted by Crippen LogP contribution is -2.50. The zero-order chi connectivity index (χ0) is 16.8. The summed E-state index contributed by atoms with van der Waals surface area (Å²) in [5.41, 5.74) is 0.267. The van der Waals surface area contributed by atoms with Gasteiger partial charge in [-0.15, -0.1) is 0 Å². The van der Waals surface area contributed by atoms with E-state index in [1.165, 1.54) is 6.07 Å². The maximum absolute atomic E-state index is 13.6. The van der Waals surface area contributed by atoms with Gasteiger partial charge < -0.3 is 9.80 Å². The topological polar surface area (TPSA) is 26.8 Å². The Labute approximate surface area is 136 Å². The number of likely N-dealkylation sites (N-methyl/N-ethyl adjacent to an activating group) is 1. The minimum Gasteiger partial charge on any atom is -0.340 e. The van der Waals surface area contributed by atoms with Crippen molar-refractivity contribution in [3.8, 4) is 0 Å². The van der Waals surface area contributed by atoms with Gasteiger partial charge in [-0.1, -0.05) is 0 Å². The quantitative estimate of drug-likeness (QED) is 0.795. The molecule has 23 heavy (non-hydrogen) atoms.